The second-order valence-electron chi connectivity index (χ2n) is 7.73. The van der Waals surface area contributed by atoms with E-state index >= 15 is 0 Å². The minimum atomic E-state index is -0.393. The van der Waals surface area contributed by atoms with E-state index in [4.69, 9.17) is 9.47 Å². The maximum absolute atomic E-state index is 12.7. The van der Waals surface area contributed by atoms with Crippen molar-refractivity contribution in [3.05, 3.63) is 75.6 Å². The lowest BCUT2D eigenvalue weighted by atomic mass is 10.1. The molecule has 0 unspecified atom stereocenters. The molecule has 3 aromatic rings. The molecule has 31 heavy (non-hydrogen) atoms. The first kappa shape index (κ1) is 22.3. The molecule has 0 aliphatic rings. The Morgan fingerprint density at radius 3 is 2.23 bits per heavy atom. The van der Waals surface area contributed by atoms with Crippen molar-refractivity contribution in [2.24, 2.45) is 0 Å². The summed E-state index contributed by atoms with van der Waals surface area (Å²) in [6, 6.07) is 11.1. The molecule has 1 aromatic heterocycles. The van der Waals surface area contributed by atoms with Gasteiger partial charge in [-0.25, -0.2) is 9.48 Å². The summed E-state index contributed by atoms with van der Waals surface area (Å²) in [5.74, 6) is -0.0214. The Hall–Kier alpha value is -3.41. The first-order chi connectivity index (χ1) is 14.7. The fourth-order valence-corrected chi connectivity index (χ4v) is 3.59. The highest BCUT2D eigenvalue weighted by molar-refractivity contribution is 5.91. The number of nitrogens with zero attached hydrogens (tertiary/aromatic N) is 2. The normalized spacial score (nSPS) is 10.8. The molecule has 6 nitrogen and oxygen atoms in total. The quantitative estimate of drug-likeness (QED) is 0.426. The molecule has 0 atom stereocenters. The van der Waals surface area contributed by atoms with Crippen LogP contribution in [-0.2, 0) is 16.0 Å². The number of aryl methyl sites for hydroxylation is 3. The lowest BCUT2D eigenvalue weighted by Gasteiger charge is -2.13. The van der Waals surface area contributed by atoms with Crippen LogP contribution in [0.5, 0.6) is 5.75 Å². The minimum Gasteiger partial charge on any atom is -0.469 e. The van der Waals surface area contributed by atoms with Crippen LogP contribution < -0.4 is 4.74 Å². The molecule has 0 saturated heterocycles. The summed E-state index contributed by atoms with van der Waals surface area (Å²) in [7, 11) is 1.39. The van der Waals surface area contributed by atoms with E-state index in [9.17, 15) is 9.59 Å². The Morgan fingerprint density at radius 1 is 0.935 bits per heavy atom. The van der Waals surface area contributed by atoms with Crippen LogP contribution >= 0.6 is 0 Å². The molecule has 0 N–H and O–H groups in total. The van der Waals surface area contributed by atoms with Gasteiger partial charge in [0.1, 0.15) is 5.75 Å². The lowest BCUT2D eigenvalue weighted by Crippen LogP contribution is -2.11. The smallest absolute Gasteiger partial charge is 0.343 e. The Morgan fingerprint density at radius 2 is 1.58 bits per heavy atom. The molecule has 0 saturated carbocycles. The number of hydrogen-bond donors (Lipinski definition) is 0. The number of benzene rings is 2. The van der Waals surface area contributed by atoms with Crippen LogP contribution in [-0.4, -0.2) is 28.8 Å². The number of carbonyl (C=O) groups is 2. The van der Waals surface area contributed by atoms with Gasteiger partial charge in [-0.3, -0.25) is 4.79 Å². The van der Waals surface area contributed by atoms with E-state index in [0.29, 0.717) is 24.2 Å². The van der Waals surface area contributed by atoms with Crippen LogP contribution in [0.3, 0.4) is 0 Å². The molecule has 3 rings (SSSR count). The van der Waals surface area contributed by atoms with Crippen molar-refractivity contribution in [1.82, 2.24) is 9.78 Å². The molecular weight excluding hydrogens is 392 g/mol. The number of rotatable bonds is 6. The maximum atomic E-state index is 12.7. The molecule has 0 fully saturated rings. The number of methoxy groups -OCH3 is 1. The Labute approximate surface area is 182 Å². The minimum absolute atomic E-state index is 0.242. The predicted octanol–water partition coefficient (Wildman–Crippen LogP) is 4.74. The molecule has 162 valence electrons. The van der Waals surface area contributed by atoms with Crippen LogP contribution in [0.1, 0.15) is 50.4 Å². The molecule has 2 aromatic carbocycles. The van der Waals surface area contributed by atoms with E-state index in [2.05, 4.69) is 5.10 Å². The summed E-state index contributed by atoms with van der Waals surface area (Å²) < 4.78 is 12.3. The molecule has 0 amide bonds. The Bertz CT molecular complexity index is 1130. The lowest BCUT2D eigenvalue weighted by molar-refractivity contribution is -0.140. The fraction of sp³-hybridized carbons (Fsp3) is 0.320. The topological polar surface area (TPSA) is 70.4 Å². The largest absolute Gasteiger partial charge is 0.469 e. The van der Waals surface area contributed by atoms with Gasteiger partial charge < -0.3 is 9.47 Å². The second-order valence-corrected chi connectivity index (χ2v) is 7.73. The molecule has 0 spiro atoms. The van der Waals surface area contributed by atoms with Gasteiger partial charge in [0.05, 0.1) is 24.1 Å². The highest BCUT2D eigenvalue weighted by atomic mass is 16.5. The van der Waals surface area contributed by atoms with Crippen LogP contribution in [0.2, 0.25) is 0 Å². The zero-order valence-electron chi connectivity index (χ0n) is 18.9. The average Bonchev–Trinajstić information content (AvgIpc) is 3.05. The van der Waals surface area contributed by atoms with E-state index < -0.39 is 5.97 Å². The maximum Gasteiger partial charge on any atom is 0.343 e. The van der Waals surface area contributed by atoms with Crippen LogP contribution in [0.15, 0.2) is 36.4 Å². The second kappa shape index (κ2) is 9.16. The van der Waals surface area contributed by atoms with E-state index in [0.717, 1.165) is 39.3 Å². The zero-order valence-corrected chi connectivity index (χ0v) is 18.9. The third-order valence-corrected chi connectivity index (χ3v) is 5.66. The van der Waals surface area contributed by atoms with E-state index in [1.807, 2.05) is 63.6 Å². The summed E-state index contributed by atoms with van der Waals surface area (Å²) in [4.78, 5) is 24.2. The van der Waals surface area contributed by atoms with Gasteiger partial charge in [0.2, 0.25) is 0 Å². The van der Waals surface area contributed by atoms with Crippen molar-refractivity contribution in [3.63, 3.8) is 0 Å². The average molecular weight is 421 g/mol. The summed E-state index contributed by atoms with van der Waals surface area (Å²) in [6.45, 7) is 9.77. The van der Waals surface area contributed by atoms with Crippen LogP contribution in [0.25, 0.3) is 5.69 Å². The fourth-order valence-electron chi connectivity index (χ4n) is 3.59. The number of ether oxygens (including phenoxy) is 2. The van der Waals surface area contributed by atoms with Crippen molar-refractivity contribution >= 4 is 11.9 Å². The number of esters is 2. The van der Waals surface area contributed by atoms with Crippen molar-refractivity contribution < 1.29 is 19.1 Å². The van der Waals surface area contributed by atoms with Gasteiger partial charge >= 0.3 is 11.9 Å². The highest BCUT2D eigenvalue weighted by Crippen LogP contribution is 2.27. The van der Waals surface area contributed by atoms with Crippen molar-refractivity contribution in [2.45, 2.75) is 47.5 Å². The summed E-state index contributed by atoms with van der Waals surface area (Å²) in [5, 5.41) is 4.61. The predicted molar refractivity (Wildman–Crippen MR) is 119 cm³/mol. The number of carbonyl (C=O) groups excluding carboxylic acids is 2. The molecule has 0 bridgehead atoms. The van der Waals surface area contributed by atoms with Gasteiger partial charge in [0.15, 0.2) is 0 Å². The SMILES string of the molecule is COC(=O)CCc1c(C)nn(-c2ccc(C(=O)Oc3c(C)ccc(C)c3C)cc2)c1C. The number of aromatic nitrogens is 2. The first-order valence-corrected chi connectivity index (χ1v) is 10.2. The van der Waals surface area contributed by atoms with Crippen LogP contribution in [0, 0.1) is 34.6 Å². The third kappa shape index (κ3) is 4.68. The van der Waals surface area contributed by atoms with Crippen molar-refractivity contribution in [1.29, 1.82) is 0 Å². The summed E-state index contributed by atoms with van der Waals surface area (Å²) in [6.07, 6.45) is 0.885. The van der Waals surface area contributed by atoms with Gasteiger partial charge in [-0.05, 0) is 87.6 Å². The molecule has 1 heterocycles. The van der Waals surface area contributed by atoms with Crippen molar-refractivity contribution in [2.75, 3.05) is 7.11 Å². The van der Waals surface area contributed by atoms with Gasteiger partial charge in [-0.2, -0.15) is 5.10 Å². The molecule has 0 radical (unpaired) electrons. The third-order valence-electron chi connectivity index (χ3n) is 5.66. The molecule has 6 heteroatoms. The van der Waals surface area contributed by atoms with Gasteiger partial charge in [-0.15, -0.1) is 0 Å². The highest BCUT2D eigenvalue weighted by Gasteiger charge is 2.16. The number of hydrogen-bond acceptors (Lipinski definition) is 5. The monoisotopic (exact) mass is 420 g/mol. The van der Waals surface area contributed by atoms with E-state index in [1.165, 1.54) is 7.11 Å². The Kier molecular flexibility index (Phi) is 6.59. The summed E-state index contributed by atoms with van der Waals surface area (Å²) >= 11 is 0. The molecule has 0 aliphatic heterocycles. The van der Waals surface area contributed by atoms with Crippen LogP contribution in [0.4, 0.5) is 0 Å². The van der Waals surface area contributed by atoms with E-state index in [-0.39, 0.29) is 5.97 Å². The Balaban J connectivity index is 1.80. The van der Waals surface area contributed by atoms with Gasteiger partial charge in [-0.1, -0.05) is 12.1 Å². The molecule has 0 aliphatic carbocycles. The van der Waals surface area contributed by atoms with Crippen molar-refractivity contribution in [3.8, 4) is 11.4 Å². The summed E-state index contributed by atoms with van der Waals surface area (Å²) in [5.41, 5.74) is 7.14. The standard InChI is InChI=1S/C25H28N2O4/c1-15-7-8-16(2)24(17(15)3)31-25(29)20-9-11-21(12-10-20)27-19(5)22(18(4)26-27)13-14-23(28)30-6/h7-12H,13-14H2,1-6H3. The first-order valence-electron chi connectivity index (χ1n) is 10.2. The van der Waals surface area contributed by atoms with Gasteiger partial charge in [0, 0.05) is 12.1 Å². The van der Waals surface area contributed by atoms with E-state index in [1.54, 1.807) is 12.1 Å². The van der Waals surface area contributed by atoms with Gasteiger partial charge in [0.25, 0.3) is 0 Å². The molecular formula is C25H28N2O4. The zero-order chi connectivity index (χ0) is 22.7.